The van der Waals surface area contributed by atoms with Gasteiger partial charge in [-0.15, -0.1) is 0 Å². The minimum Gasteiger partial charge on any atom is -0.379 e. The molecule has 0 radical (unpaired) electrons. The molecule has 84 valence electrons. The topological polar surface area (TPSA) is 33.0 Å². The first kappa shape index (κ1) is 11.2. The number of ether oxygens (including phenoxy) is 1. The number of rotatable bonds is 2. The highest BCUT2D eigenvalue weighted by Gasteiger charge is 2.53. The molecule has 2 heteroatoms. The van der Waals surface area contributed by atoms with Gasteiger partial charge in [0.1, 0.15) is 0 Å². The van der Waals surface area contributed by atoms with Crippen LogP contribution in [-0.2, 0) is 10.2 Å². The molecule has 1 fully saturated rings. The first-order valence-electron chi connectivity index (χ1n) is 5.59. The van der Waals surface area contributed by atoms with Crippen molar-refractivity contribution in [2.75, 3.05) is 13.2 Å². The van der Waals surface area contributed by atoms with Crippen LogP contribution in [0.25, 0.3) is 0 Å². The summed E-state index contributed by atoms with van der Waals surface area (Å²) in [4.78, 5) is 0. The molecule has 0 N–H and O–H groups in total. The molecule has 0 unspecified atom stereocenters. The van der Waals surface area contributed by atoms with Gasteiger partial charge >= 0.3 is 0 Å². The summed E-state index contributed by atoms with van der Waals surface area (Å²) in [6, 6.07) is 10.7. The molecule has 0 spiro atoms. The normalized spacial score (nSPS) is 18.6. The summed E-state index contributed by atoms with van der Waals surface area (Å²) in [5.41, 5.74) is 1.98. The van der Waals surface area contributed by atoms with Crippen molar-refractivity contribution in [3.8, 4) is 6.07 Å². The van der Waals surface area contributed by atoms with Gasteiger partial charge in [-0.1, -0.05) is 24.3 Å². The van der Waals surface area contributed by atoms with E-state index in [2.05, 4.69) is 25.1 Å². The van der Waals surface area contributed by atoms with Gasteiger partial charge in [0.15, 0.2) is 0 Å². The molecule has 1 aliphatic heterocycles. The van der Waals surface area contributed by atoms with Crippen LogP contribution in [0.5, 0.6) is 0 Å². The van der Waals surface area contributed by atoms with Gasteiger partial charge in [0.05, 0.1) is 30.1 Å². The van der Waals surface area contributed by atoms with E-state index in [1.54, 1.807) is 0 Å². The molecule has 2 rings (SSSR count). The second-order valence-corrected chi connectivity index (χ2v) is 5.13. The highest BCUT2D eigenvalue weighted by Crippen LogP contribution is 2.47. The summed E-state index contributed by atoms with van der Waals surface area (Å²) in [6.07, 6.45) is 0. The molecule has 1 aromatic rings. The predicted molar refractivity (Wildman–Crippen MR) is 63.1 cm³/mol. The molecule has 0 atom stereocenters. The fourth-order valence-electron chi connectivity index (χ4n) is 2.38. The molecular weight excluding hydrogens is 198 g/mol. The number of hydrogen-bond donors (Lipinski definition) is 0. The summed E-state index contributed by atoms with van der Waals surface area (Å²) in [5.74, 6) is 0. The van der Waals surface area contributed by atoms with E-state index in [0.29, 0.717) is 13.2 Å². The molecule has 16 heavy (non-hydrogen) atoms. The Labute approximate surface area is 96.9 Å². The van der Waals surface area contributed by atoms with Crippen LogP contribution in [0.4, 0.5) is 0 Å². The van der Waals surface area contributed by atoms with E-state index in [-0.39, 0.29) is 5.41 Å². The zero-order valence-electron chi connectivity index (χ0n) is 10.1. The summed E-state index contributed by atoms with van der Waals surface area (Å²) >= 11 is 0. The lowest BCUT2D eigenvalue weighted by atomic mass is 9.60. The van der Waals surface area contributed by atoms with Crippen LogP contribution < -0.4 is 0 Å². The first-order chi connectivity index (χ1) is 7.53. The molecule has 0 bridgehead atoms. The Morgan fingerprint density at radius 1 is 1.31 bits per heavy atom. The third kappa shape index (κ3) is 1.36. The van der Waals surface area contributed by atoms with Crippen LogP contribution >= 0.6 is 0 Å². The summed E-state index contributed by atoms with van der Waals surface area (Å²) in [6.45, 7) is 7.41. The van der Waals surface area contributed by atoms with E-state index in [4.69, 9.17) is 4.74 Å². The SMILES string of the molecule is Cc1ccccc1C1(C(C)(C)C#N)COC1. The number of benzene rings is 1. The van der Waals surface area contributed by atoms with Crippen molar-refractivity contribution in [3.05, 3.63) is 35.4 Å². The van der Waals surface area contributed by atoms with Gasteiger partial charge in [-0.25, -0.2) is 0 Å². The Hall–Kier alpha value is -1.33. The maximum Gasteiger partial charge on any atom is 0.0695 e. The summed E-state index contributed by atoms with van der Waals surface area (Å²) in [5, 5.41) is 9.34. The third-order valence-corrected chi connectivity index (χ3v) is 3.83. The predicted octanol–water partition coefficient (Wildman–Crippen LogP) is 2.81. The summed E-state index contributed by atoms with van der Waals surface area (Å²) in [7, 11) is 0. The van der Waals surface area contributed by atoms with Gasteiger partial charge < -0.3 is 4.74 Å². The van der Waals surface area contributed by atoms with E-state index >= 15 is 0 Å². The molecule has 1 heterocycles. The summed E-state index contributed by atoms with van der Waals surface area (Å²) < 4.78 is 5.38. The van der Waals surface area contributed by atoms with Crippen molar-refractivity contribution in [2.24, 2.45) is 5.41 Å². The second kappa shape index (κ2) is 3.61. The lowest BCUT2D eigenvalue weighted by Crippen LogP contribution is -2.56. The molecular formula is C14H17NO. The molecule has 1 aliphatic rings. The highest BCUT2D eigenvalue weighted by molar-refractivity contribution is 5.39. The van der Waals surface area contributed by atoms with Gasteiger partial charge in [-0.3, -0.25) is 0 Å². The minimum atomic E-state index is -0.392. The molecule has 2 nitrogen and oxygen atoms in total. The first-order valence-corrected chi connectivity index (χ1v) is 5.59. The smallest absolute Gasteiger partial charge is 0.0695 e. The maximum atomic E-state index is 9.34. The molecule has 0 aromatic heterocycles. The van der Waals surface area contributed by atoms with Gasteiger partial charge in [-0.05, 0) is 31.9 Å². The number of nitrogens with zero attached hydrogens (tertiary/aromatic N) is 1. The second-order valence-electron chi connectivity index (χ2n) is 5.13. The lowest BCUT2D eigenvalue weighted by Gasteiger charge is -2.50. The van der Waals surface area contributed by atoms with Crippen molar-refractivity contribution in [3.63, 3.8) is 0 Å². The fraction of sp³-hybridized carbons (Fsp3) is 0.500. The monoisotopic (exact) mass is 215 g/mol. The highest BCUT2D eigenvalue weighted by atomic mass is 16.5. The van der Waals surface area contributed by atoms with Crippen LogP contribution in [0.15, 0.2) is 24.3 Å². The zero-order valence-corrected chi connectivity index (χ0v) is 10.1. The largest absolute Gasteiger partial charge is 0.379 e. The lowest BCUT2D eigenvalue weighted by molar-refractivity contribution is -0.103. The van der Waals surface area contributed by atoms with Gasteiger partial charge in [0.25, 0.3) is 0 Å². The van der Waals surface area contributed by atoms with Crippen LogP contribution in [-0.4, -0.2) is 13.2 Å². The molecule has 0 amide bonds. The average Bonchev–Trinajstić information content (AvgIpc) is 2.19. The quantitative estimate of drug-likeness (QED) is 0.760. The number of nitriles is 1. The van der Waals surface area contributed by atoms with Gasteiger partial charge in [-0.2, -0.15) is 5.26 Å². The average molecular weight is 215 g/mol. The standard InChI is InChI=1S/C14H17NO/c1-11-6-4-5-7-12(11)14(9-16-10-14)13(2,3)8-15/h4-7H,9-10H2,1-3H3. The maximum absolute atomic E-state index is 9.34. The Morgan fingerprint density at radius 2 is 1.94 bits per heavy atom. The van der Waals surface area contributed by atoms with E-state index < -0.39 is 5.41 Å². The van der Waals surface area contributed by atoms with Crippen LogP contribution in [0.1, 0.15) is 25.0 Å². The van der Waals surface area contributed by atoms with E-state index in [1.807, 2.05) is 26.0 Å². The van der Waals surface area contributed by atoms with Crippen molar-refractivity contribution in [1.82, 2.24) is 0 Å². The molecule has 0 saturated carbocycles. The van der Waals surface area contributed by atoms with E-state index in [0.717, 1.165) is 0 Å². The number of aryl methyl sites for hydroxylation is 1. The molecule has 0 aliphatic carbocycles. The van der Waals surface area contributed by atoms with Gasteiger partial charge in [0.2, 0.25) is 0 Å². The van der Waals surface area contributed by atoms with E-state index in [9.17, 15) is 5.26 Å². The molecule has 1 saturated heterocycles. The van der Waals surface area contributed by atoms with Crippen molar-refractivity contribution in [2.45, 2.75) is 26.2 Å². The Morgan fingerprint density at radius 3 is 2.38 bits per heavy atom. The van der Waals surface area contributed by atoms with Crippen molar-refractivity contribution in [1.29, 1.82) is 5.26 Å². The Bertz CT molecular complexity index is 438. The van der Waals surface area contributed by atoms with Crippen LogP contribution in [0.3, 0.4) is 0 Å². The van der Waals surface area contributed by atoms with Crippen LogP contribution in [0, 0.1) is 23.7 Å². The van der Waals surface area contributed by atoms with Crippen LogP contribution in [0.2, 0.25) is 0 Å². The molecule has 1 aromatic carbocycles. The van der Waals surface area contributed by atoms with E-state index in [1.165, 1.54) is 11.1 Å². The van der Waals surface area contributed by atoms with Crippen molar-refractivity contribution < 1.29 is 4.74 Å². The van der Waals surface area contributed by atoms with Crippen molar-refractivity contribution >= 4 is 0 Å². The Kier molecular flexibility index (Phi) is 2.52. The minimum absolute atomic E-state index is 0.132. The zero-order chi connectivity index (χ0) is 11.8. The number of hydrogen-bond acceptors (Lipinski definition) is 2. The van der Waals surface area contributed by atoms with Gasteiger partial charge in [0, 0.05) is 0 Å². The Balaban J connectivity index is 2.53. The third-order valence-electron chi connectivity index (χ3n) is 3.83. The fourth-order valence-corrected chi connectivity index (χ4v) is 2.38.